The summed E-state index contributed by atoms with van der Waals surface area (Å²) < 4.78 is 1.74. The van der Waals surface area contributed by atoms with Gasteiger partial charge in [-0.25, -0.2) is 15.8 Å². The van der Waals surface area contributed by atoms with E-state index in [9.17, 15) is 0 Å². The van der Waals surface area contributed by atoms with Crippen LogP contribution in [0.25, 0.3) is 0 Å². The number of nitrogens with zero attached hydrogens (tertiary/aromatic N) is 4. The summed E-state index contributed by atoms with van der Waals surface area (Å²) in [7, 11) is 1.88. The largest absolute Gasteiger partial charge is 0.337 e. The standard InChI is InChI=1S/C12H17N7/c1-7-10(15-9-5-14-19(2)6-9)16-12(8-3-4-8)17-11(7)18-13/h5-6,8H,3-4,13H2,1-2H3,(H2,15,16,17,18). The minimum Gasteiger partial charge on any atom is -0.337 e. The van der Waals surface area contributed by atoms with E-state index < -0.39 is 0 Å². The van der Waals surface area contributed by atoms with Crippen LogP contribution in [0.15, 0.2) is 12.4 Å². The van der Waals surface area contributed by atoms with Gasteiger partial charge in [-0.3, -0.25) is 4.68 Å². The number of hydrazine groups is 1. The SMILES string of the molecule is Cc1c(NN)nc(C2CC2)nc1Nc1cnn(C)c1. The third-order valence-corrected chi connectivity index (χ3v) is 3.21. The lowest BCUT2D eigenvalue weighted by Crippen LogP contribution is -2.13. The highest BCUT2D eigenvalue weighted by molar-refractivity contribution is 5.63. The van der Waals surface area contributed by atoms with Crippen molar-refractivity contribution in [2.45, 2.75) is 25.7 Å². The number of hydrogen-bond acceptors (Lipinski definition) is 6. The lowest BCUT2D eigenvalue weighted by molar-refractivity contribution is 0.768. The van der Waals surface area contributed by atoms with Crippen LogP contribution in [0.2, 0.25) is 0 Å². The molecule has 0 unspecified atom stereocenters. The molecule has 3 rings (SSSR count). The summed E-state index contributed by atoms with van der Waals surface area (Å²) in [5.41, 5.74) is 4.43. The van der Waals surface area contributed by atoms with Crippen LogP contribution in [-0.4, -0.2) is 19.7 Å². The predicted octanol–water partition coefficient (Wildman–Crippen LogP) is 1.43. The summed E-state index contributed by atoms with van der Waals surface area (Å²) in [6.45, 7) is 1.94. The van der Waals surface area contributed by atoms with Gasteiger partial charge in [0.25, 0.3) is 0 Å². The molecule has 2 heterocycles. The van der Waals surface area contributed by atoms with Crippen LogP contribution in [-0.2, 0) is 7.05 Å². The first-order chi connectivity index (χ1) is 9.17. The van der Waals surface area contributed by atoms with Crippen molar-refractivity contribution in [2.75, 3.05) is 10.7 Å². The van der Waals surface area contributed by atoms with E-state index in [1.807, 2.05) is 20.2 Å². The molecule has 1 saturated carbocycles. The van der Waals surface area contributed by atoms with E-state index in [2.05, 4.69) is 25.8 Å². The second-order valence-electron chi connectivity index (χ2n) is 4.85. The molecule has 7 heteroatoms. The number of nitrogens with two attached hydrogens (primary N) is 1. The van der Waals surface area contributed by atoms with Gasteiger partial charge >= 0.3 is 0 Å². The quantitative estimate of drug-likeness (QED) is 0.568. The molecule has 1 aliphatic rings. The number of aromatic nitrogens is 4. The number of rotatable bonds is 4. The Labute approximate surface area is 111 Å². The molecule has 0 spiro atoms. The Morgan fingerprint density at radius 3 is 2.63 bits per heavy atom. The molecule has 0 radical (unpaired) electrons. The first kappa shape index (κ1) is 11.9. The molecule has 0 saturated heterocycles. The Hall–Kier alpha value is -2.15. The minimum atomic E-state index is 0.474. The van der Waals surface area contributed by atoms with Gasteiger partial charge in [0.05, 0.1) is 11.9 Å². The smallest absolute Gasteiger partial charge is 0.148 e. The van der Waals surface area contributed by atoms with Gasteiger partial charge in [0, 0.05) is 24.7 Å². The fraction of sp³-hybridized carbons (Fsp3) is 0.417. The molecule has 4 N–H and O–H groups in total. The van der Waals surface area contributed by atoms with Crippen molar-refractivity contribution >= 4 is 17.3 Å². The van der Waals surface area contributed by atoms with Crippen LogP contribution in [0.3, 0.4) is 0 Å². The average Bonchev–Trinajstić information content (AvgIpc) is 3.16. The summed E-state index contributed by atoms with van der Waals surface area (Å²) in [5, 5.41) is 7.39. The Kier molecular flexibility index (Phi) is 2.83. The van der Waals surface area contributed by atoms with Gasteiger partial charge in [-0.1, -0.05) is 0 Å². The van der Waals surface area contributed by atoms with Gasteiger partial charge in [-0.05, 0) is 19.8 Å². The highest BCUT2D eigenvalue weighted by atomic mass is 15.3. The number of nitrogen functional groups attached to an aromatic ring is 1. The Bertz CT molecular complexity index is 600. The van der Waals surface area contributed by atoms with E-state index in [0.717, 1.165) is 35.7 Å². The van der Waals surface area contributed by atoms with E-state index in [1.165, 1.54) is 0 Å². The molecule has 0 bridgehead atoms. The maximum atomic E-state index is 5.52. The Morgan fingerprint density at radius 1 is 1.32 bits per heavy atom. The zero-order chi connectivity index (χ0) is 13.4. The van der Waals surface area contributed by atoms with Crippen molar-refractivity contribution in [1.29, 1.82) is 0 Å². The third-order valence-electron chi connectivity index (χ3n) is 3.21. The second kappa shape index (κ2) is 4.51. The summed E-state index contributed by atoms with van der Waals surface area (Å²) in [5.74, 6) is 8.29. The predicted molar refractivity (Wildman–Crippen MR) is 73.0 cm³/mol. The first-order valence-electron chi connectivity index (χ1n) is 6.28. The maximum absolute atomic E-state index is 5.52. The van der Waals surface area contributed by atoms with Crippen molar-refractivity contribution in [3.8, 4) is 0 Å². The molecule has 0 amide bonds. The molecular formula is C12H17N7. The normalized spacial score (nSPS) is 14.5. The highest BCUT2D eigenvalue weighted by Crippen LogP contribution is 2.39. The molecule has 2 aromatic heterocycles. The fourth-order valence-electron chi connectivity index (χ4n) is 1.94. The van der Waals surface area contributed by atoms with Crippen LogP contribution >= 0.6 is 0 Å². The third kappa shape index (κ3) is 2.37. The van der Waals surface area contributed by atoms with Gasteiger partial charge in [-0.15, -0.1) is 0 Å². The van der Waals surface area contributed by atoms with Crippen LogP contribution < -0.4 is 16.6 Å². The Balaban J connectivity index is 1.96. The molecular weight excluding hydrogens is 242 g/mol. The van der Waals surface area contributed by atoms with Crippen molar-refractivity contribution in [2.24, 2.45) is 12.9 Å². The van der Waals surface area contributed by atoms with E-state index in [1.54, 1.807) is 10.9 Å². The van der Waals surface area contributed by atoms with E-state index in [-0.39, 0.29) is 0 Å². The molecule has 0 atom stereocenters. The maximum Gasteiger partial charge on any atom is 0.148 e. The van der Waals surface area contributed by atoms with Crippen molar-refractivity contribution in [3.63, 3.8) is 0 Å². The molecule has 0 aliphatic heterocycles. The molecule has 1 fully saturated rings. The van der Waals surface area contributed by atoms with E-state index >= 15 is 0 Å². The molecule has 2 aromatic rings. The number of aryl methyl sites for hydroxylation is 1. The minimum absolute atomic E-state index is 0.474. The molecule has 100 valence electrons. The van der Waals surface area contributed by atoms with Crippen molar-refractivity contribution < 1.29 is 0 Å². The van der Waals surface area contributed by atoms with Gasteiger partial charge in [0.15, 0.2) is 0 Å². The monoisotopic (exact) mass is 259 g/mol. The zero-order valence-corrected chi connectivity index (χ0v) is 11.0. The molecule has 19 heavy (non-hydrogen) atoms. The van der Waals surface area contributed by atoms with Crippen molar-refractivity contribution in [3.05, 3.63) is 23.8 Å². The van der Waals surface area contributed by atoms with Crippen LogP contribution in [0, 0.1) is 6.92 Å². The molecule has 1 aliphatic carbocycles. The second-order valence-corrected chi connectivity index (χ2v) is 4.85. The Morgan fingerprint density at radius 2 is 2.05 bits per heavy atom. The van der Waals surface area contributed by atoms with E-state index in [4.69, 9.17) is 5.84 Å². The number of nitrogens with one attached hydrogen (secondary N) is 2. The van der Waals surface area contributed by atoms with Gasteiger partial charge in [0.2, 0.25) is 0 Å². The lowest BCUT2D eigenvalue weighted by atomic mass is 10.2. The van der Waals surface area contributed by atoms with Crippen LogP contribution in [0.1, 0.15) is 30.1 Å². The van der Waals surface area contributed by atoms with Crippen molar-refractivity contribution in [1.82, 2.24) is 19.7 Å². The molecule has 0 aromatic carbocycles. The highest BCUT2D eigenvalue weighted by Gasteiger charge is 2.28. The fourth-order valence-corrected chi connectivity index (χ4v) is 1.94. The van der Waals surface area contributed by atoms with Gasteiger partial charge < -0.3 is 10.7 Å². The number of hydrogen-bond donors (Lipinski definition) is 3. The van der Waals surface area contributed by atoms with Crippen LogP contribution in [0.5, 0.6) is 0 Å². The molecule has 7 nitrogen and oxygen atoms in total. The van der Waals surface area contributed by atoms with E-state index in [0.29, 0.717) is 11.7 Å². The lowest BCUT2D eigenvalue weighted by Gasteiger charge is -2.12. The topological polar surface area (TPSA) is 93.7 Å². The summed E-state index contributed by atoms with van der Waals surface area (Å²) in [4.78, 5) is 9.04. The van der Waals surface area contributed by atoms with Crippen LogP contribution in [0.4, 0.5) is 17.3 Å². The average molecular weight is 259 g/mol. The van der Waals surface area contributed by atoms with Gasteiger partial charge in [0.1, 0.15) is 17.5 Å². The summed E-state index contributed by atoms with van der Waals surface area (Å²) in [6, 6.07) is 0. The zero-order valence-electron chi connectivity index (χ0n) is 11.0. The first-order valence-corrected chi connectivity index (χ1v) is 6.28. The summed E-state index contributed by atoms with van der Waals surface area (Å²) >= 11 is 0. The van der Waals surface area contributed by atoms with Gasteiger partial charge in [-0.2, -0.15) is 5.10 Å². The summed E-state index contributed by atoms with van der Waals surface area (Å²) in [6.07, 6.45) is 5.96. The number of anilines is 3.